The third-order valence-corrected chi connectivity index (χ3v) is 3.69. The maximum absolute atomic E-state index is 10.1. The van der Waals surface area contributed by atoms with Crippen molar-refractivity contribution in [3.8, 4) is 0 Å². The highest BCUT2D eigenvalue weighted by Crippen LogP contribution is 2.42. The van der Waals surface area contributed by atoms with E-state index >= 15 is 0 Å². The third-order valence-electron chi connectivity index (χ3n) is 3.69. The summed E-state index contributed by atoms with van der Waals surface area (Å²) in [6, 6.07) is 8.21. The van der Waals surface area contributed by atoms with Crippen LogP contribution in [0.3, 0.4) is 0 Å². The van der Waals surface area contributed by atoms with Crippen LogP contribution in [0.15, 0.2) is 42.0 Å². The van der Waals surface area contributed by atoms with Crippen LogP contribution in [0.25, 0.3) is 5.57 Å². The Labute approximate surface area is 108 Å². The Bertz CT molecular complexity index is 534. The van der Waals surface area contributed by atoms with Crippen molar-refractivity contribution in [3.05, 3.63) is 53.1 Å². The molecular weight excluding hydrogens is 224 g/mol. The van der Waals surface area contributed by atoms with Crippen molar-refractivity contribution in [1.82, 2.24) is 0 Å². The minimum atomic E-state index is -1.78. The smallest absolute Gasteiger partial charge is 0.194 e. The molecule has 0 amide bonds. The van der Waals surface area contributed by atoms with Crippen molar-refractivity contribution < 1.29 is 10.2 Å². The van der Waals surface area contributed by atoms with Crippen molar-refractivity contribution >= 4 is 5.57 Å². The maximum Gasteiger partial charge on any atom is 0.194 e. The summed E-state index contributed by atoms with van der Waals surface area (Å²) in [5.74, 6) is -1.78. The topological polar surface area (TPSA) is 40.5 Å². The van der Waals surface area contributed by atoms with E-state index in [4.69, 9.17) is 0 Å². The Morgan fingerprint density at radius 2 is 1.72 bits per heavy atom. The van der Waals surface area contributed by atoms with Crippen LogP contribution in [0.2, 0.25) is 0 Å². The van der Waals surface area contributed by atoms with Crippen LogP contribution >= 0.6 is 0 Å². The van der Waals surface area contributed by atoms with Gasteiger partial charge in [0.05, 0.1) is 0 Å². The van der Waals surface area contributed by atoms with Crippen LogP contribution in [-0.4, -0.2) is 16.0 Å². The van der Waals surface area contributed by atoms with Crippen molar-refractivity contribution in [3.63, 3.8) is 0 Å². The van der Waals surface area contributed by atoms with Gasteiger partial charge in [-0.15, -0.1) is 0 Å². The van der Waals surface area contributed by atoms with E-state index in [0.717, 1.165) is 11.1 Å². The molecule has 1 aromatic rings. The Kier molecular flexibility index (Phi) is 2.96. The van der Waals surface area contributed by atoms with Gasteiger partial charge in [0.15, 0.2) is 5.79 Å². The predicted octanol–water partition coefficient (Wildman–Crippen LogP) is 3.05. The molecule has 18 heavy (non-hydrogen) atoms. The summed E-state index contributed by atoms with van der Waals surface area (Å²) in [6.07, 6.45) is 3.77. The molecule has 1 aromatic carbocycles. The van der Waals surface area contributed by atoms with Gasteiger partial charge in [-0.3, -0.25) is 0 Å². The zero-order valence-corrected chi connectivity index (χ0v) is 11.4. The minimum absolute atomic E-state index is 0.575. The molecule has 1 aliphatic carbocycles. The molecule has 0 aromatic heterocycles. The van der Waals surface area contributed by atoms with Crippen molar-refractivity contribution in [2.45, 2.75) is 33.5 Å². The lowest BCUT2D eigenvalue weighted by atomic mass is 9.73. The monoisotopic (exact) mass is 244 g/mol. The lowest BCUT2D eigenvalue weighted by Gasteiger charge is -2.40. The Morgan fingerprint density at radius 3 is 2.28 bits per heavy atom. The molecule has 1 aliphatic rings. The van der Waals surface area contributed by atoms with Gasteiger partial charge in [0.2, 0.25) is 0 Å². The van der Waals surface area contributed by atoms with E-state index in [-0.39, 0.29) is 0 Å². The summed E-state index contributed by atoms with van der Waals surface area (Å²) in [6.45, 7) is 7.47. The second-order valence-electron chi connectivity index (χ2n) is 5.69. The molecule has 2 N–H and O–H groups in total. The molecule has 0 saturated carbocycles. The quantitative estimate of drug-likeness (QED) is 0.745. The van der Waals surface area contributed by atoms with Crippen molar-refractivity contribution in [2.75, 3.05) is 0 Å². The van der Waals surface area contributed by atoms with E-state index in [0.29, 0.717) is 5.57 Å². The molecule has 0 atom stereocenters. The number of aliphatic hydroxyl groups is 2. The second kappa shape index (κ2) is 4.08. The molecule has 2 rings (SSSR count). The molecule has 2 nitrogen and oxygen atoms in total. The molecule has 0 unspecified atom stereocenters. The normalized spacial score (nSPS) is 21.2. The maximum atomic E-state index is 10.1. The summed E-state index contributed by atoms with van der Waals surface area (Å²) in [5, 5.41) is 20.3. The second-order valence-corrected chi connectivity index (χ2v) is 5.69. The van der Waals surface area contributed by atoms with E-state index in [2.05, 4.69) is 19.1 Å². The SMILES string of the molecule is CC1=CC(c2cccc(C)c2)=CC(C)(C)C1(O)O. The number of hydrogen-bond acceptors (Lipinski definition) is 2. The summed E-state index contributed by atoms with van der Waals surface area (Å²) in [5.41, 5.74) is 3.22. The van der Waals surface area contributed by atoms with Gasteiger partial charge in [0.1, 0.15) is 0 Å². The fraction of sp³-hybridized carbons (Fsp3) is 0.375. The van der Waals surface area contributed by atoms with Gasteiger partial charge in [-0.25, -0.2) is 0 Å². The van der Waals surface area contributed by atoms with Gasteiger partial charge in [0, 0.05) is 5.41 Å². The molecular formula is C16H20O2. The third kappa shape index (κ3) is 2.02. The van der Waals surface area contributed by atoms with Crippen LogP contribution in [-0.2, 0) is 0 Å². The molecule has 0 saturated heterocycles. The Balaban J connectivity index is 2.52. The molecule has 0 heterocycles. The summed E-state index contributed by atoms with van der Waals surface area (Å²) in [4.78, 5) is 0. The number of rotatable bonds is 1. The summed E-state index contributed by atoms with van der Waals surface area (Å²) in [7, 11) is 0. The Morgan fingerprint density at radius 1 is 1.06 bits per heavy atom. The zero-order valence-electron chi connectivity index (χ0n) is 11.4. The minimum Gasteiger partial charge on any atom is -0.362 e. The lowest BCUT2D eigenvalue weighted by Crippen LogP contribution is -2.46. The highest BCUT2D eigenvalue weighted by Gasteiger charge is 2.44. The van der Waals surface area contributed by atoms with Crippen LogP contribution in [0, 0.1) is 12.3 Å². The first-order valence-corrected chi connectivity index (χ1v) is 6.17. The number of benzene rings is 1. The fourth-order valence-electron chi connectivity index (χ4n) is 2.36. The molecule has 0 fully saturated rings. The van der Waals surface area contributed by atoms with E-state index < -0.39 is 11.2 Å². The van der Waals surface area contributed by atoms with E-state index in [1.54, 1.807) is 6.92 Å². The lowest BCUT2D eigenvalue weighted by molar-refractivity contribution is -0.187. The molecule has 96 valence electrons. The van der Waals surface area contributed by atoms with Crippen LogP contribution in [0.4, 0.5) is 0 Å². The zero-order chi connectivity index (χ0) is 13.6. The Hall–Kier alpha value is -1.38. The average Bonchev–Trinajstić information content (AvgIpc) is 2.25. The van der Waals surface area contributed by atoms with Crippen LogP contribution in [0.5, 0.6) is 0 Å². The van der Waals surface area contributed by atoms with E-state index in [9.17, 15) is 10.2 Å². The van der Waals surface area contributed by atoms with Crippen LogP contribution in [0.1, 0.15) is 31.9 Å². The standard InChI is InChI=1S/C16H20O2/c1-11-6-5-7-13(8-11)14-9-12(2)16(17,18)15(3,4)10-14/h5-10,17-18H,1-4H3. The summed E-state index contributed by atoms with van der Waals surface area (Å²) >= 11 is 0. The largest absolute Gasteiger partial charge is 0.362 e. The fourth-order valence-corrected chi connectivity index (χ4v) is 2.36. The molecule has 0 aliphatic heterocycles. The highest BCUT2D eigenvalue weighted by atomic mass is 16.5. The average molecular weight is 244 g/mol. The van der Waals surface area contributed by atoms with E-state index in [1.165, 1.54) is 5.56 Å². The molecule has 0 spiro atoms. The van der Waals surface area contributed by atoms with Gasteiger partial charge in [-0.1, -0.05) is 55.8 Å². The number of hydrogen-bond donors (Lipinski definition) is 2. The van der Waals surface area contributed by atoms with Crippen LogP contribution < -0.4 is 0 Å². The highest BCUT2D eigenvalue weighted by molar-refractivity contribution is 5.77. The first-order chi connectivity index (χ1) is 8.24. The van der Waals surface area contributed by atoms with Gasteiger partial charge in [-0.2, -0.15) is 0 Å². The summed E-state index contributed by atoms with van der Waals surface area (Å²) < 4.78 is 0. The first kappa shape index (κ1) is 13.1. The first-order valence-electron chi connectivity index (χ1n) is 6.17. The number of aryl methyl sites for hydroxylation is 1. The number of allylic oxidation sites excluding steroid dienone is 2. The predicted molar refractivity (Wildman–Crippen MR) is 73.9 cm³/mol. The van der Waals surface area contributed by atoms with E-state index in [1.807, 2.05) is 38.1 Å². The van der Waals surface area contributed by atoms with Crippen molar-refractivity contribution in [1.29, 1.82) is 0 Å². The van der Waals surface area contributed by atoms with Crippen molar-refractivity contribution in [2.24, 2.45) is 5.41 Å². The van der Waals surface area contributed by atoms with Gasteiger partial charge in [0.25, 0.3) is 0 Å². The van der Waals surface area contributed by atoms with Gasteiger partial charge >= 0.3 is 0 Å². The molecule has 2 heteroatoms. The van der Waals surface area contributed by atoms with Gasteiger partial charge < -0.3 is 10.2 Å². The molecule has 0 radical (unpaired) electrons. The molecule has 0 bridgehead atoms. The van der Waals surface area contributed by atoms with Gasteiger partial charge in [-0.05, 0) is 30.6 Å².